The molecule has 0 unspecified atom stereocenters. The van der Waals surface area contributed by atoms with Crippen LogP contribution in [0.5, 0.6) is 11.5 Å². The normalized spacial score (nSPS) is 26.8. The zero-order valence-electron chi connectivity index (χ0n) is 39.7. The minimum absolute atomic E-state index is 0.0172. The highest BCUT2D eigenvalue weighted by Gasteiger charge is 2.45. The van der Waals surface area contributed by atoms with Crippen LogP contribution < -0.4 is 37.2 Å². The standard InChI is InChI=1S/C47H63N9O13/c1-8-28-40(61)51-30-16-17-36(59)56(44(30)65)33(19-26-13-10-9-11-14-26)45(66)55(7)32-20-27-21-34(57)35(58)22-31(27)52-47(68)48-18-12-15-29(50-39(60)24(4)5)41(62)54-38(43(64)49-28)25(6)69-46(67)37(23(2)3)53-42(32)63/h8-11,13-14,21-25,29-30,32-33,36-38,57-59H,12,15-20H2,1-7H3,(H,49,64)(H,50,60)(H,51,61)(H,53,63)(H,54,62)(H2,48,52,68)/b28-8+/t25-,29+,30+,32+,33+,36-,37+,38+/m1/s1. The van der Waals surface area contributed by atoms with Gasteiger partial charge in [-0.25, -0.2) is 9.59 Å². The molecule has 2 fully saturated rings. The summed E-state index contributed by atoms with van der Waals surface area (Å²) in [5.74, 6) is -9.86. The Kier molecular flexibility index (Phi) is 17.7. The summed E-state index contributed by atoms with van der Waals surface area (Å²) in [7, 11) is 1.26. The van der Waals surface area contributed by atoms with E-state index in [1.165, 1.54) is 27.0 Å². The first-order valence-electron chi connectivity index (χ1n) is 22.9. The SMILES string of the molecule is C/C=C1/NC(=O)[C@H]2NC(=O)[C@@H](NC(=O)C(C)C)CCCNC(=O)Nc3cc(O)c(O)cc3C[C@@H](C(=O)N[C@@H](C(C)C)C(=O)O[C@@H]2C)N(C)C(=O)[C@H](Cc2ccccc2)N2C(=O)[C@H](CC[C@H]2O)NC1=O. The number of esters is 1. The number of hydrogen-bond acceptors (Lipinski definition) is 13. The third-order valence-corrected chi connectivity index (χ3v) is 12.2. The molecule has 3 aliphatic rings. The molecule has 8 atom stereocenters. The Morgan fingerprint density at radius 2 is 1.55 bits per heavy atom. The van der Waals surface area contributed by atoms with Gasteiger partial charge in [0.15, 0.2) is 11.5 Å². The Morgan fingerprint density at radius 1 is 0.870 bits per heavy atom. The average Bonchev–Trinajstić information content (AvgIpc) is 3.29. The highest BCUT2D eigenvalue weighted by molar-refractivity contribution is 6.03. The van der Waals surface area contributed by atoms with Crippen molar-refractivity contribution in [2.24, 2.45) is 11.8 Å². The lowest BCUT2D eigenvalue weighted by Crippen LogP contribution is -2.64. The fourth-order valence-electron chi connectivity index (χ4n) is 8.16. The summed E-state index contributed by atoms with van der Waals surface area (Å²) in [6.45, 7) is 8.96. The number of aliphatic hydroxyl groups excluding tert-OH is 1. The summed E-state index contributed by atoms with van der Waals surface area (Å²) in [5.41, 5.74) is 0.0729. The highest BCUT2D eigenvalue weighted by atomic mass is 16.5. The quantitative estimate of drug-likeness (QED) is 0.0828. The molecule has 2 aromatic carbocycles. The summed E-state index contributed by atoms with van der Waals surface area (Å²) in [4.78, 5) is 130. The molecule has 3 aliphatic heterocycles. The van der Waals surface area contributed by atoms with Gasteiger partial charge in [-0.05, 0) is 62.6 Å². The number of anilines is 1. The van der Waals surface area contributed by atoms with Gasteiger partial charge in [0.1, 0.15) is 54.3 Å². The molecular weight excluding hydrogens is 899 g/mol. The maximum absolute atomic E-state index is 15.2. The molecular formula is C47H63N9O13. The minimum atomic E-state index is -1.76. The zero-order valence-corrected chi connectivity index (χ0v) is 39.7. The van der Waals surface area contributed by atoms with Gasteiger partial charge in [-0.15, -0.1) is 0 Å². The molecule has 22 heteroatoms. The molecule has 2 saturated heterocycles. The predicted octanol–water partition coefficient (Wildman–Crippen LogP) is 0.151. The summed E-state index contributed by atoms with van der Waals surface area (Å²) in [5, 5.41) is 51.0. The van der Waals surface area contributed by atoms with Gasteiger partial charge in [0.25, 0.3) is 11.8 Å². The van der Waals surface area contributed by atoms with Crippen molar-refractivity contribution in [1.82, 2.24) is 41.7 Å². The number of piperidine rings is 1. The topological polar surface area (TPSA) is 314 Å². The maximum Gasteiger partial charge on any atom is 0.329 e. The number of amides is 9. The number of phenols is 2. The smallest absolute Gasteiger partial charge is 0.329 e. The van der Waals surface area contributed by atoms with Crippen molar-refractivity contribution in [3.63, 3.8) is 0 Å². The molecule has 4 bridgehead atoms. The van der Waals surface area contributed by atoms with Gasteiger partial charge < -0.3 is 67.1 Å². The Morgan fingerprint density at radius 3 is 2.20 bits per heavy atom. The Bertz CT molecular complexity index is 2320. The van der Waals surface area contributed by atoms with E-state index in [4.69, 9.17) is 4.74 Å². The highest BCUT2D eigenvalue weighted by Crippen LogP contribution is 2.33. The van der Waals surface area contributed by atoms with Crippen LogP contribution in [0.25, 0.3) is 0 Å². The van der Waals surface area contributed by atoms with Crippen molar-refractivity contribution in [1.29, 1.82) is 0 Å². The molecule has 2 aromatic rings. The number of carbonyl (C=O) groups is 9. The number of nitrogens with zero attached hydrogens (tertiary/aromatic N) is 2. The molecule has 69 heavy (non-hydrogen) atoms. The fraction of sp³-hybridized carbons (Fsp3) is 0.511. The molecule has 0 aromatic heterocycles. The number of urea groups is 1. The van der Waals surface area contributed by atoms with Crippen LogP contribution in [0.3, 0.4) is 0 Å². The number of phenolic OH excluding ortho intramolecular Hbond substituents is 2. The lowest BCUT2D eigenvalue weighted by atomic mass is 9.95. The van der Waals surface area contributed by atoms with E-state index in [-0.39, 0.29) is 55.6 Å². The van der Waals surface area contributed by atoms with Gasteiger partial charge in [-0.2, -0.15) is 0 Å². The number of aromatic hydroxyl groups is 2. The number of hydrogen-bond donors (Lipinski definition) is 10. The van der Waals surface area contributed by atoms with Crippen molar-refractivity contribution in [3.05, 3.63) is 65.4 Å². The van der Waals surface area contributed by atoms with Crippen molar-refractivity contribution in [3.8, 4) is 11.5 Å². The third kappa shape index (κ3) is 13.1. The largest absolute Gasteiger partial charge is 0.504 e. The van der Waals surface area contributed by atoms with Gasteiger partial charge in [0, 0.05) is 44.1 Å². The Labute approximate surface area is 399 Å². The van der Waals surface area contributed by atoms with E-state index in [0.29, 0.717) is 5.56 Å². The van der Waals surface area contributed by atoms with Crippen molar-refractivity contribution >= 4 is 59.0 Å². The van der Waals surface area contributed by atoms with Crippen LogP contribution in [0.1, 0.15) is 78.4 Å². The second-order valence-corrected chi connectivity index (χ2v) is 18.0. The van der Waals surface area contributed by atoms with Gasteiger partial charge in [-0.3, -0.25) is 33.6 Å². The van der Waals surface area contributed by atoms with E-state index in [1.807, 2.05) is 0 Å². The van der Waals surface area contributed by atoms with E-state index in [2.05, 4.69) is 37.2 Å². The molecule has 22 nitrogen and oxygen atoms in total. The van der Waals surface area contributed by atoms with Crippen LogP contribution in [0.2, 0.25) is 0 Å². The number of carbonyl (C=O) groups excluding carboxylic acids is 9. The Hall–Kier alpha value is -7.23. The molecule has 374 valence electrons. The third-order valence-electron chi connectivity index (χ3n) is 12.2. The molecule has 9 amide bonds. The first-order valence-corrected chi connectivity index (χ1v) is 22.9. The van der Waals surface area contributed by atoms with Gasteiger partial charge >= 0.3 is 12.0 Å². The van der Waals surface area contributed by atoms with Gasteiger partial charge in [0.2, 0.25) is 29.5 Å². The van der Waals surface area contributed by atoms with Crippen molar-refractivity contribution in [2.75, 3.05) is 18.9 Å². The van der Waals surface area contributed by atoms with E-state index >= 15 is 4.79 Å². The van der Waals surface area contributed by atoms with Gasteiger partial charge in [-0.1, -0.05) is 64.1 Å². The lowest BCUT2D eigenvalue weighted by molar-refractivity contribution is -0.165. The number of rotatable bonds is 5. The molecule has 5 rings (SSSR count). The van der Waals surface area contributed by atoms with E-state index < -0.39 is 132 Å². The average molecular weight is 962 g/mol. The fourth-order valence-corrected chi connectivity index (χ4v) is 8.16. The van der Waals surface area contributed by atoms with Crippen molar-refractivity contribution < 1.29 is 63.2 Å². The van der Waals surface area contributed by atoms with Gasteiger partial charge in [0.05, 0.1) is 0 Å². The van der Waals surface area contributed by atoms with Crippen LogP contribution >= 0.6 is 0 Å². The van der Waals surface area contributed by atoms with Crippen molar-refractivity contribution in [2.45, 2.75) is 129 Å². The summed E-state index contributed by atoms with van der Waals surface area (Å²) in [6.07, 6.45) is -2.80. The van der Waals surface area contributed by atoms with E-state index in [1.54, 1.807) is 58.0 Å². The predicted molar refractivity (Wildman–Crippen MR) is 247 cm³/mol. The lowest BCUT2D eigenvalue weighted by Gasteiger charge is -2.43. The Balaban J connectivity index is 1.74. The number of nitrogens with one attached hydrogen (secondary N) is 7. The van der Waals surface area contributed by atoms with E-state index in [0.717, 1.165) is 21.9 Å². The zero-order chi connectivity index (χ0) is 50.9. The number of benzene rings is 2. The molecule has 10 N–H and O–H groups in total. The molecule has 3 heterocycles. The number of fused-ring (bicyclic) bond motifs is 10. The van der Waals surface area contributed by atoms with Crippen LogP contribution in [-0.4, -0.2) is 141 Å². The first kappa shape index (κ1) is 52.7. The number of likely N-dealkylation sites (N-methyl/N-ethyl adjacent to an activating group) is 1. The molecule has 0 saturated carbocycles. The monoisotopic (exact) mass is 961 g/mol. The van der Waals surface area contributed by atoms with Crippen LogP contribution in [0.15, 0.2) is 54.2 Å². The molecule has 0 spiro atoms. The first-order chi connectivity index (χ1) is 32.6. The number of aliphatic hydroxyl groups is 1. The van der Waals surface area contributed by atoms with Crippen LogP contribution in [0.4, 0.5) is 10.5 Å². The van der Waals surface area contributed by atoms with Crippen LogP contribution in [-0.2, 0) is 55.9 Å². The number of ether oxygens (including phenoxy) is 1. The number of allylic oxidation sites excluding steroid dienone is 1. The summed E-state index contributed by atoms with van der Waals surface area (Å²) < 4.78 is 5.84. The maximum atomic E-state index is 15.2. The second kappa shape index (κ2) is 23.2. The minimum Gasteiger partial charge on any atom is -0.504 e. The summed E-state index contributed by atoms with van der Waals surface area (Å²) in [6, 6.07) is 0.678. The summed E-state index contributed by atoms with van der Waals surface area (Å²) >= 11 is 0. The molecule has 0 radical (unpaired) electrons. The second-order valence-electron chi connectivity index (χ2n) is 18.0. The van der Waals surface area contributed by atoms with E-state index in [9.17, 15) is 53.7 Å². The van der Waals surface area contributed by atoms with Crippen LogP contribution in [0, 0.1) is 11.8 Å². The molecule has 0 aliphatic carbocycles.